The molecule has 3 rings (SSSR count). The van der Waals surface area contributed by atoms with Crippen LogP contribution in [-0.2, 0) is 11.2 Å². The molecule has 200 valence electrons. The number of amides is 2. The maximum atomic E-state index is 12.4. The minimum absolute atomic E-state index is 0.210. The predicted octanol–water partition coefficient (Wildman–Crippen LogP) is 7.17. The van der Waals surface area contributed by atoms with Gasteiger partial charge in [-0.1, -0.05) is 60.3 Å². The van der Waals surface area contributed by atoms with Crippen LogP contribution in [0.5, 0.6) is 11.5 Å². The van der Waals surface area contributed by atoms with Crippen molar-refractivity contribution in [3.05, 3.63) is 86.4 Å². The van der Waals surface area contributed by atoms with Crippen LogP contribution in [0.15, 0.2) is 59.7 Å². The molecule has 0 bridgehead atoms. The Kier molecular flexibility index (Phi) is 11.3. The molecule has 7 nitrogen and oxygen atoms in total. The minimum Gasteiger partial charge on any atom is -0.490 e. The van der Waals surface area contributed by atoms with Crippen LogP contribution in [-0.4, -0.2) is 31.2 Å². The average Bonchev–Trinajstić information content (AvgIpc) is 2.89. The molecule has 3 aromatic rings. The zero-order valence-electron chi connectivity index (χ0n) is 21.0. The summed E-state index contributed by atoms with van der Waals surface area (Å²) in [4.78, 5) is 24.8. The lowest BCUT2D eigenvalue weighted by molar-refractivity contribution is -0.118. The molecular weight excluding hydrogens is 549 g/mol. The fourth-order valence-electron chi connectivity index (χ4n) is 3.41. The summed E-state index contributed by atoms with van der Waals surface area (Å²) in [6, 6.07) is 15.5. The zero-order valence-corrected chi connectivity index (χ0v) is 23.3. The van der Waals surface area contributed by atoms with Gasteiger partial charge in [0.15, 0.2) is 18.1 Å². The molecule has 0 atom stereocenters. The molecule has 2 amide bonds. The van der Waals surface area contributed by atoms with E-state index in [0.717, 1.165) is 19.3 Å². The van der Waals surface area contributed by atoms with Crippen molar-refractivity contribution in [3.63, 3.8) is 0 Å². The van der Waals surface area contributed by atoms with Crippen LogP contribution in [0.1, 0.15) is 48.2 Å². The van der Waals surface area contributed by atoms with E-state index in [4.69, 9.17) is 44.3 Å². The fraction of sp³-hybridized carbons (Fsp3) is 0.250. The first kappa shape index (κ1) is 29.3. The van der Waals surface area contributed by atoms with E-state index in [1.54, 1.807) is 36.4 Å². The van der Waals surface area contributed by atoms with Crippen molar-refractivity contribution in [3.8, 4) is 11.5 Å². The maximum absolute atomic E-state index is 12.4. The molecule has 0 aliphatic heterocycles. The Morgan fingerprint density at radius 1 is 0.921 bits per heavy atom. The summed E-state index contributed by atoms with van der Waals surface area (Å²) >= 11 is 18.3. The highest BCUT2D eigenvalue weighted by atomic mass is 35.5. The highest BCUT2D eigenvalue weighted by Crippen LogP contribution is 2.36. The molecule has 0 heterocycles. The van der Waals surface area contributed by atoms with E-state index in [0.29, 0.717) is 39.2 Å². The van der Waals surface area contributed by atoms with Crippen LogP contribution in [0.2, 0.25) is 15.1 Å². The molecule has 0 fully saturated rings. The number of unbranched alkanes of at least 4 members (excludes halogenated alkanes) is 1. The average molecular weight is 577 g/mol. The highest BCUT2D eigenvalue weighted by molar-refractivity contribution is 6.42. The number of ether oxygens (including phenoxy) is 2. The molecule has 10 heteroatoms. The molecule has 0 spiro atoms. The van der Waals surface area contributed by atoms with Crippen molar-refractivity contribution >= 4 is 58.5 Å². The third kappa shape index (κ3) is 8.65. The quantitative estimate of drug-likeness (QED) is 0.177. The molecule has 0 aliphatic carbocycles. The van der Waals surface area contributed by atoms with Crippen LogP contribution in [0.4, 0.5) is 5.69 Å². The molecule has 0 aromatic heterocycles. The van der Waals surface area contributed by atoms with Gasteiger partial charge in [-0.2, -0.15) is 5.10 Å². The Morgan fingerprint density at radius 2 is 1.68 bits per heavy atom. The monoisotopic (exact) mass is 575 g/mol. The maximum Gasteiger partial charge on any atom is 0.271 e. The van der Waals surface area contributed by atoms with Gasteiger partial charge in [0.1, 0.15) is 0 Å². The van der Waals surface area contributed by atoms with E-state index in [-0.39, 0.29) is 23.3 Å². The molecule has 0 unspecified atom stereocenters. The molecule has 0 saturated carbocycles. The number of carbonyl (C=O) groups is 2. The largest absolute Gasteiger partial charge is 0.490 e. The molecule has 0 saturated heterocycles. The molecule has 0 aliphatic rings. The van der Waals surface area contributed by atoms with Crippen molar-refractivity contribution < 1.29 is 19.1 Å². The van der Waals surface area contributed by atoms with E-state index in [2.05, 4.69) is 22.8 Å². The molecular formula is C28H28Cl3N3O4. The van der Waals surface area contributed by atoms with Crippen LogP contribution in [0.3, 0.4) is 0 Å². The Bertz CT molecular complexity index is 1300. The summed E-state index contributed by atoms with van der Waals surface area (Å²) in [6.45, 7) is 3.97. The third-order valence-electron chi connectivity index (χ3n) is 5.30. The first-order valence-corrected chi connectivity index (χ1v) is 13.2. The van der Waals surface area contributed by atoms with Crippen molar-refractivity contribution in [1.29, 1.82) is 0 Å². The number of nitrogens with one attached hydrogen (secondary N) is 2. The standard InChI is InChI=1S/C28H28Cl3N3O4/c1-3-5-6-18-7-9-20(10-8-18)28(36)34-32-16-19-13-24(31)27(25(14-19)37-4-2)38-17-26(35)33-21-11-12-22(29)23(30)15-21/h7-16H,3-6,17H2,1-2H3,(H,33,35)(H,34,36)/b32-16+. The van der Waals surface area contributed by atoms with Gasteiger partial charge in [0, 0.05) is 11.3 Å². The van der Waals surface area contributed by atoms with Gasteiger partial charge in [-0.15, -0.1) is 0 Å². The Labute approximate surface area is 237 Å². The van der Waals surface area contributed by atoms with E-state index in [1.807, 2.05) is 19.1 Å². The van der Waals surface area contributed by atoms with E-state index >= 15 is 0 Å². The summed E-state index contributed by atoms with van der Waals surface area (Å²) < 4.78 is 11.3. The number of nitrogens with zero attached hydrogens (tertiary/aromatic N) is 1. The van der Waals surface area contributed by atoms with Gasteiger partial charge >= 0.3 is 0 Å². The third-order valence-corrected chi connectivity index (χ3v) is 6.32. The minimum atomic E-state index is -0.423. The number of halogens is 3. The van der Waals surface area contributed by atoms with Gasteiger partial charge in [0.25, 0.3) is 11.8 Å². The van der Waals surface area contributed by atoms with Crippen molar-refractivity contribution in [2.24, 2.45) is 5.10 Å². The second-order valence-electron chi connectivity index (χ2n) is 8.23. The lowest BCUT2D eigenvalue weighted by atomic mass is 10.1. The summed E-state index contributed by atoms with van der Waals surface area (Å²) in [7, 11) is 0. The van der Waals surface area contributed by atoms with E-state index < -0.39 is 5.91 Å². The number of hydrazone groups is 1. The second kappa shape index (κ2) is 14.6. The van der Waals surface area contributed by atoms with Gasteiger partial charge in [-0.05, 0) is 73.4 Å². The first-order valence-electron chi connectivity index (χ1n) is 12.1. The number of hydrogen-bond donors (Lipinski definition) is 2. The summed E-state index contributed by atoms with van der Waals surface area (Å²) in [5.41, 5.74) is 5.26. The topological polar surface area (TPSA) is 89.0 Å². The normalized spacial score (nSPS) is 10.9. The predicted molar refractivity (Wildman–Crippen MR) is 153 cm³/mol. The fourth-order valence-corrected chi connectivity index (χ4v) is 3.98. The lowest BCUT2D eigenvalue weighted by Gasteiger charge is -2.14. The Morgan fingerprint density at radius 3 is 2.37 bits per heavy atom. The molecule has 3 aromatic carbocycles. The first-order chi connectivity index (χ1) is 18.3. The van der Waals surface area contributed by atoms with Gasteiger partial charge < -0.3 is 14.8 Å². The van der Waals surface area contributed by atoms with Crippen molar-refractivity contribution in [1.82, 2.24) is 5.43 Å². The summed E-state index contributed by atoms with van der Waals surface area (Å²) in [5, 5.41) is 7.63. The van der Waals surface area contributed by atoms with Gasteiger partial charge in [-0.3, -0.25) is 9.59 Å². The molecule has 0 radical (unpaired) electrons. The van der Waals surface area contributed by atoms with Crippen molar-refractivity contribution in [2.75, 3.05) is 18.5 Å². The molecule has 38 heavy (non-hydrogen) atoms. The van der Waals surface area contributed by atoms with Crippen LogP contribution >= 0.6 is 34.8 Å². The number of aryl methyl sites for hydroxylation is 1. The number of rotatable bonds is 12. The van der Waals surface area contributed by atoms with Gasteiger partial charge in [-0.25, -0.2) is 5.43 Å². The Balaban J connectivity index is 1.62. The summed E-state index contributed by atoms with van der Waals surface area (Å²) in [5.74, 6) is -0.207. The van der Waals surface area contributed by atoms with E-state index in [1.165, 1.54) is 17.8 Å². The SMILES string of the molecule is CCCCc1ccc(C(=O)N/N=C/c2cc(Cl)c(OCC(=O)Nc3ccc(Cl)c(Cl)c3)c(OCC)c2)cc1. The summed E-state index contributed by atoms with van der Waals surface area (Å²) in [6.07, 6.45) is 4.66. The van der Waals surface area contributed by atoms with Crippen LogP contribution in [0, 0.1) is 0 Å². The second-order valence-corrected chi connectivity index (χ2v) is 9.45. The highest BCUT2D eigenvalue weighted by Gasteiger charge is 2.15. The Hall–Kier alpha value is -3.26. The van der Waals surface area contributed by atoms with Crippen LogP contribution < -0.4 is 20.2 Å². The number of carbonyl (C=O) groups excluding carboxylic acids is 2. The number of hydrogen-bond acceptors (Lipinski definition) is 5. The van der Waals surface area contributed by atoms with Crippen molar-refractivity contribution in [2.45, 2.75) is 33.1 Å². The van der Waals surface area contributed by atoms with Gasteiger partial charge in [0.05, 0.1) is 27.9 Å². The molecule has 2 N–H and O–H groups in total. The lowest BCUT2D eigenvalue weighted by Crippen LogP contribution is -2.20. The van der Waals surface area contributed by atoms with Gasteiger partial charge in [0.2, 0.25) is 0 Å². The smallest absolute Gasteiger partial charge is 0.271 e. The number of benzene rings is 3. The van der Waals surface area contributed by atoms with Crippen LogP contribution in [0.25, 0.3) is 0 Å². The van der Waals surface area contributed by atoms with E-state index in [9.17, 15) is 9.59 Å². The number of anilines is 1. The zero-order chi connectivity index (χ0) is 27.5.